The van der Waals surface area contributed by atoms with Gasteiger partial charge in [-0.25, -0.2) is 4.98 Å². The Kier molecular flexibility index (Phi) is 7.15. The van der Waals surface area contributed by atoms with Crippen molar-refractivity contribution in [2.75, 3.05) is 11.4 Å². The Balaban J connectivity index is 1.54. The molecule has 0 saturated carbocycles. The van der Waals surface area contributed by atoms with Gasteiger partial charge in [-0.1, -0.05) is 24.3 Å². The summed E-state index contributed by atoms with van der Waals surface area (Å²) in [4.78, 5) is 42.2. The lowest BCUT2D eigenvalue weighted by atomic mass is 10.1. The van der Waals surface area contributed by atoms with Gasteiger partial charge in [0.2, 0.25) is 5.91 Å². The third-order valence-corrected chi connectivity index (χ3v) is 5.48. The van der Waals surface area contributed by atoms with Crippen molar-refractivity contribution in [1.29, 1.82) is 0 Å². The van der Waals surface area contributed by atoms with Crippen LogP contribution in [0.15, 0.2) is 53.9 Å². The maximum atomic E-state index is 12.2. The molecule has 3 rings (SSSR count). The first-order valence-corrected chi connectivity index (χ1v) is 10.5. The summed E-state index contributed by atoms with van der Waals surface area (Å²) in [6.45, 7) is 5.06. The molecule has 0 aliphatic heterocycles. The minimum atomic E-state index is -0.571. The molecule has 1 aromatic heterocycles. The standard InChI is InChI=1S/C23H23N3O4S/c1-15-9-10-18(11-16(15)2)22(29)24-12-21(28)30-13-19-14-31-23(25-19)26(17(3)27)20-7-5-4-6-8-20/h4-11,14H,12-13H2,1-3H3,(H,24,29). The van der Waals surface area contributed by atoms with Crippen LogP contribution in [0.25, 0.3) is 0 Å². The number of hydrogen-bond donors (Lipinski definition) is 1. The number of aromatic nitrogens is 1. The van der Waals surface area contributed by atoms with Crippen molar-refractivity contribution in [3.63, 3.8) is 0 Å². The van der Waals surface area contributed by atoms with Crippen LogP contribution in [0.2, 0.25) is 0 Å². The second kappa shape index (κ2) is 9.99. The van der Waals surface area contributed by atoms with Crippen molar-refractivity contribution in [3.8, 4) is 0 Å². The molecular formula is C23H23N3O4S. The minimum Gasteiger partial charge on any atom is -0.458 e. The molecule has 0 saturated heterocycles. The van der Waals surface area contributed by atoms with Gasteiger partial charge >= 0.3 is 5.97 Å². The Labute approximate surface area is 184 Å². The number of carbonyl (C=O) groups excluding carboxylic acids is 3. The lowest BCUT2D eigenvalue weighted by Crippen LogP contribution is -2.30. The Morgan fingerprint density at radius 1 is 1.06 bits per heavy atom. The largest absolute Gasteiger partial charge is 0.458 e. The Morgan fingerprint density at radius 3 is 2.48 bits per heavy atom. The number of thiazole rings is 1. The zero-order chi connectivity index (χ0) is 22.4. The van der Waals surface area contributed by atoms with E-state index in [1.54, 1.807) is 17.5 Å². The van der Waals surface area contributed by atoms with E-state index in [0.29, 0.717) is 22.1 Å². The first-order valence-electron chi connectivity index (χ1n) is 9.66. The molecule has 0 atom stereocenters. The Bertz CT molecular complexity index is 1100. The molecule has 7 nitrogen and oxygen atoms in total. The van der Waals surface area contributed by atoms with Crippen LogP contribution >= 0.6 is 11.3 Å². The number of ether oxygens (including phenoxy) is 1. The van der Waals surface area contributed by atoms with E-state index in [1.165, 1.54) is 23.2 Å². The molecule has 0 fully saturated rings. The van der Waals surface area contributed by atoms with E-state index in [-0.39, 0.29) is 25.0 Å². The van der Waals surface area contributed by atoms with Crippen molar-refractivity contribution in [3.05, 3.63) is 76.3 Å². The third-order valence-electron chi connectivity index (χ3n) is 4.60. The summed E-state index contributed by atoms with van der Waals surface area (Å²) in [5.74, 6) is -1.08. The fourth-order valence-corrected chi connectivity index (χ4v) is 3.68. The highest BCUT2D eigenvalue weighted by Crippen LogP contribution is 2.28. The molecule has 3 aromatic rings. The lowest BCUT2D eigenvalue weighted by molar-refractivity contribution is -0.143. The predicted molar refractivity (Wildman–Crippen MR) is 119 cm³/mol. The van der Waals surface area contributed by atoms with E-state index in [9.17, 15) is 14.4 Å². The van der Waals surface area contributed by atoms with Crippen LogP contribution in [0, 0.1) is 13.8 Å². The number of benzene rings is 2. The van der Waals surface area contributed by atoms with Gasteiger partial charge in [-0.05, 0) is 49.2 Å². The minimum absolute atomic E-state index is 0.0463. The summed E-state index contributed by atoms with van der Waals surface area (Å²) >= 11 is 1.28. The Hall–Kier alpha value is -3.52. The summed E-state index contributed by atoms with van der Waals surface area (Å²) in [5.41, 5.74) is 3.82. The van der Waals surface area contributed by atoms with E-state index in [4.69, 9.17) is 4.74 Å². The number of anilines is 2. The molecule has 0 aliphatic carbocycles. The number of nitrogens with zero attached hydrogens (tertiary/aromatic N) is 2. The van der Waals surface area contributed by atoms with Crippen LogP contribution < -0.4 is 10.2 Å². The van der Waals surface area contributed by atoms with Crippen LogP contribution in [0.4, 0.5) is 10.8 Å². The highest BCUT2D eigenvalue weighted by Gasteiger charge is 2.18. The van der Waals surface area contributed by atoms with Gasteiger partial charge in [0.05, 0.1) is 11.4 Å². The van der Waals surface area contributed by atoms with E-state index in [1.807, 2.05) is 50.2 Å². The summed E-state index contributed by atoms with van der Waals surface area (Å²) in [6.07, 6.45) is 0. The van der Waals surface area contributed by atoms with Gasteiger partial charge in [-0.2, -0.15) is 0 Å². The van der Waals surface area contributed by atoms with Crippen LogP contribution in [-0.2, 0) is 20.9 Å². The predicted octanol–water partition coefficient (Wildman–Crippen LogP) is 3.92. The molecule has 2 amide bonds. The quantitative estimate of drug-likeness (QED) is 0.566. The molecule has 0 spiro atoms. The number of carbonyl (C=O) groups is 3. The van der Waals surface area contributed by atoms with E-state index in [2.05, 4.69) is 10.3 Å². The molecular weight excluding hydrogens is 414 g/mol. The van der Waals surface area contributed by atoms with Crippen LogP contribution in [0.3, 0.4) is 0 Å². The van der Waals surface area contributed by atoms with Crippen LogP contribution in [0.5, 0.6) is 0 Å². The molecule has 0 bridgehead atoms. The second-order valence-electron chi connectivity index (χ2n) is 6.95. The van der Waals surface area contributed by atoms with E-state index in [0.717, 1.165) is 11.1 Å². The second-order valence-corrected chi connectivity index (χ2v) is 7.79. The summed E-state index contributed by atoms with van der Waals surface area (Å²) in [5, 5.41) is 4.78. The molecule has 0 unspecified atom stereocenters. The highest BCUT2D eigenvalue weighted by molar-refractivity contribution is 7.14. The number of aryl methyl sites for hydroxylation is 2. The first kappa shape index (κ1) is 22.2. The van der Waals surface area contributed by atoms with Gasteiger partial charge in [-0.3, -0.25) is 19.3 Å². The average Bonchev–Trinajstić information content (AvgIpc) is 3.21. The van der Waals surface area contributed by atoms with Gasteiger partial charge in [0.25, 0.3) is 5.91 Å². The normalized spacial score (nSPS) is 10.4. The molecule has 8 heteroatoms. The van der Waals surface area contributed by atoms with Gasteiger partial charge in [-0.15, -0.1) is 11.3 Å². The molecule has 160 valence electrons. The zero-order valence-corrected chi connectivity index (χ0v) is 18.4. The number of esters is 1. The number of nitrogens with one attached hydrogen (secondary N) is 1. The lowest BCUT2D eigenvalue weighted by Gasteiger charge is -2.17. The number of hydrogen-bond acceptors (Lipinski definition) is 6. The topological polar surface area (TPSA) is 88.6 Å². The molecule has 0 aliphatic rings. The maximum Gasteiger partial charge on any atom is 0.325 e. The summed E-state index contributed by atoms with van der Waals surface area (Å²) in [6, 6.07) is 14.5. The number of rotatable bonds is 7. The van der Waals surface area contributed by atoms with Gasteiger partial charge in [0.1, 0.15) is 13.2 Å². The SMILES string of the molecule is CC(=O)N(c1ccccc1)c1nc(COC(=O)CNC(=O)c2ccc(C)c(C)c2)cs1. The Morgan fingerprint density at radius 2 is 1.81 bits per heavy atom. The summed E-state index contributed by atoms with van der Waals surface area (Å²) < 4.78 is 5.20. The fraction of sp³-hybridized carbons (Fsp3) is 0.217. The number of amides is 2. The van der Waals surface area contributed by atoms with Crippen LogP contribution in [-0.4, -0.2) is 29.3 Å². The summed E-state index contributed by atoms with van der Waals surface area (Å²) in [7, 11) is 0. The molecule has 31 heavy (non-hydrogen) atoms. The number of para-hydroxylation sites is 1. The maximum absolute atomic E-state index is 12.2. The van der Waals surface area contributed by atoms with Crippen molar-refractivity contribution in [2.24, 2.45) is 0 Å². The van der Waals surface area contributed by atoms with Crippen LogP contribution in [0.1, 0.15) is 34.1 Å². The van der Waals surface area contributed by atoms with Crippen molar-refractivity contribution < 1.29 is 19.1 Å². The van der Waals surface area contributed by atoms with Crippen molar-refractivity contribution in [2.45, 2.75) is 27.4 Å². The van der Waals surface area contributed by atoms with Crippen molar-refractivity contribution >= 4 is 39.9 Å². The first-order chi connectivity index (χ1) is 14.8. The molecule has 1 N–H and O–H groups in total. The van der Waals surface area contributed by atoms with Gasteiger partial charge < -0.3 is 10.1 Å². The molecule has 0 radical (unpaired) electrons. The zero-order valence-electron chi connectivity index (χ0n) is 17.5. The van der Waals surface area contributed by atoms with Gasteiger partial charge in [0.15, 0.2) is 5.13 Å². The monoisotopic (exact) mass is 437 g/mol. The molecule has 2 aromatic carbocycles. The average molecular weight is 438 g/mol. The fourth-order valence-electron chi connectivity index (χ4n) is 2.81. The van der Waals surface area contributed by atoms with Crippen molar-refractivity contribution in [1.82, 2.24) is 10.3 Å². The van der Waals surface area contributed by atoms with E-state index < -0.39 is 5.97 Å². The highest BCUT2D eigenvalue weighted by atomic mass is 32.1. The van der Waals surface area contributed by atoms with Gasteiger partial charge in [0, 0.05) is 17.9 Å². The molecule has 1 heterocycles. The smallest absolute Gasteiger partial charge is 0.325 e. The van der Waals surface area contributed by atoms with E-state index >= 15 is 0 Å². The third kappa shape index (κ3) is 5.76.